The summed E-state index contributed by atoms with van der Waals surface area (Å²) in [4.78, 5) is 21.2. The Morgan fingerprint density at radius 3 is 2.27 bits per heavy atom. The number of nitrogens with two attached hydrogens (primary N) is 1. The van der Waals surface area contributed by atoms with E-state index in [1.165, 1.54) is 0 Å². The molecule has 0 saturated carbocycles. The van der Waals surface area contributed by atoms with Crippen LogP contribution in [0.1, 0.15) is 15.9 Å². The first kappa shape index (κ1) is 11.2. The highest BCUT2D eigenvalue weighted by molar-refractivity contribution is 5.92. The summed E-state index contributed by atoms with van der Waals surface area (Å²) in [6, 6.07) is 5.63. The van der Waals surface area contributed by atoms with Gasteiger partial charge >= 0.3 is 0 Å². The van der Waals surface area contributed by atoms with Crippen LogP contribution in [0.2, 0.25) is 0 Å². The number of quaternary nitrogens is 1. The summed E-state index contributed by atoms with van der Waals surface area (Å²) in [5.74, 6) is -1.69. The number of benzene rings is 1. The normalized spacial score (nSPS) is 12.1. The maximum Gasteiger partial charge on any atom is 0.248 e. The molecule has 5 N–H and O–H groups in total. The monoisotopic (exact) mass is 208 g/mol. The fraction of sp³-hybridized carbons (Fsp3) is 0.200. The molecule has 0 radical (unpaired) electrons. The molecule has 80 valence electrons. The second kappa shape index (κ2) is 4.56. The highest BCUT2D eigenvalue weighted by Crippen LogP contribution is 2.05. The van der Waals surface area contributed by atoms with E-state index in [-0.39, 0.29) is 6.42 Å². The summed E-state index contributed by atoms with van der Waals surface area (Å²) in [6.07, 6.45) is 0.279. The molecule has 0 spiro atoms. The minimum Gasteiger partial charge on any atom is -0.544 e. The zero-order chi connectivity index (χ0) is 11.4. The lowest BCUT2D eigenvalue weighted by Crippen LogP contribution is -2.69. The van der Waals surface area contributed by atoms with E-state index in [1.54, 1.807) is 24.3 Å². The SMILES string of the molecule is NC(=O)c1ccc(C[C@H]([NH3+])C(=O)[O-])cc1. The zero-order valence-corrected chi connectivity index (χ0v) is 8.10. The van der Waals surface area contributed by atoms with E-state index in [1.807, 2.05) is 0 Å². The number of carbonyl (C=O) groups is 2. The molecule has 0 aromatic heterocycles. The molecule has 1 aromatic carbocycles. The first-order valence-corrected chi connectivity index (χ1v) is 4.43. The van der Waals surface area contributed by atoms with Gasteiger partial charge in [-0.05, 0) is 17.7 Å². The summed E-state index contributed by atoms with van der Waals surface area (Å²) in [6.45, 7) is 0. The quantitative estimate of drug-likeness (QED) is 0.579. The zero-order valence-electron chi connectivity index (χ0n) is 8.10. The molecule has 5 heteroatoms. The number of carboxylic acids is 1. The molecular formula is C10H12N2O3. The number of amides is 1. The van der Waals surface area contributed by atoms with Crippen molar-refractivity contribution < 1.29 is 20.4 Å². The van der Waals surface area contributed by atoms with E-state index < -0.39 is 17.9 Å². The summed E-state index contributed by atoms with van der Waals surface area (Å²) >= 11 is 0. The van der Waals surface area contributed by atoms with Crippen LogP contribution in [0.5, 0.6) is 0 Å². The van der Waals surface area contributed by atoms with Gasteiger partial charge in [0.05, 0.1) is 5.97 Å². The van der Waals surface area contributed by atoms with E-state index in [2.05, 4.69) is 5.73 Å². The maximum absolute atomic E-state index is 10.7. The molecule has 0 saturated heterocycles. The van der Waals surface area contributed by atoms with Crippen molar-refractivity contribution in [2.75, 3.05) is 0 Å². The number of rotatable bonds is 4. The summed E-state index contributed by atoms with van der Waals surface area (Å²) < 4.78 is 0. The Morgan fingerprint density at radius 2 is 1.87 bits per heavy atom. The van der Waals surface area contributed by atoms with Crippen LogP contribution in [0.25, 0.3) is 0 Å². The van der Waals surface area contributed by atoms with Gasteiger partial charge in [-0.25, -0.2) is 0 Å². The molecule has 0 unspecified atom stereocenters. The van der Waals surface area contributed by atoms with Crippen molar-refractivity contribution in [1.82, 2.24) is 0 Å². The number of hydrogen-bond acceptors (Lipinski definition) is 3. The van der Waals surface area contributed by atoms with Crippen LogP contribution in [-0.2, 0) is 11.2 Å². The first-order chi connectivity index (χ1) is 7.00. The number of carbonyl (C=O) groups excluding carboxylic acids is 2. The first-order valence-electron chi connectivity index (χ1n) is 4.43. The van der Waals surface area contributed by atoms with Gasteiger partial charge in [-0.1, -0.05) is 12.1 Å². The van der Waals surface area contributed by atoms with Crippen LogP contribution in [0, 0.1) is 0 Å². The molecule has 1 atom stereocenters. The van der Waals surface area contributed by atoms with E-state index in [4.69, 9.17) is 5.73 Å². The summed E-state index contributed by atoms with van der Waals surface area (Å²) in [7, 11) is 0. The molecule has 1 amide bonds. The second-order valence-corrected chi connectivity index (χ2v) is 3.28. The van der Waals surface area contributed by atoms with Gasteiger partial charge < -0.3 is 21.4 Å². The van der Waals surface area contributed by atoms with Gasteiger partial charge in [0.1, 0.15) is 6.04 Å². The fourth-order valence-electron chi connectivity index (χ4n) is 1.17. The van der Waals surface area contributed by atoms with Crippen molar-refractivity contribution >= 4 is 11.9 Å². The van der Waals surface area contributed by atoms with Gasteiger partial charge in [0, 0.05) is 12.0 Å². The smallest absolute Gasteiger partial charge is 0.248 e. The Balaban J connectivity index is 2.72. The second-order valence-electron chi connectivity index (χ2n) is 3.28. The van der Waals surface area contributed by atoms with Crippen molar-refractivity contribution in [2.24, 2.45) is 5.73 Å². The molecule has 5 nitrogen and oxygen atoms in total. The lowest BCUT2D eigenvalue weighted by Gasteiger charge is -2.09. The molecule has 0 aliphatic carbocycles. The van der Waals surface area contributed by atoms with Crippen molar-refractivity contribution in [3.05, 3.63) is 35.4 Å². The Bertz CT molecular complexity index is 373. The summed E-state index contributed by atoms with van der Waals surface area (Å²) in [5, 5.41) is 10.4. The van der Waals surface area contributed by atoms with Gasteiger partial charge in [-0.15, -0.1) is 0 Å². The van der Waals surface area contributed by atoms with E-state index in [0.717, 1.165) is 5.56 Å². The summed E-state index contributed by atoms with van der Waals surface area (Å²) in [5.41, 5.74) is 9.67. The molecule has 0 aliphatic rings. The average Bonchev–Trinajstić information content (AvgIpc) is 2.18. The lowest BCUT2D eigenvalue weighted by molar-refractivity contribution is -0.437. The molecule has 0 aliphatic heterocycles. The molecule has 0 heterocycles. The molecular weight excluding hydrogens is 196 g/mol. The lowest BCUT2D eigenvalue weighted by atomic mass is 10.0. The van der Waals surface area contributed by atoms with Gasteiger partial charge in [-0.2, -0.15) is 0 Å². The van der Waals surface area contributed by atoms with Crippen molar-refractivity contribution in [2.45, 2.75) is 12.5 Å². The van der Waals surface area contributed by atoms with Crippen molar-refractivity contribution in [1.29, 1.82) is 0 Å². The van der Waals surface area contributed by atoms with Crippen LogP contribution in [0.4, 0.5) is 0 Å². The van der Waals surface area contributed by atoms with Gasteiger partial charge in [-0.3, -0.25) is 4.79 Å². The minimum atomic E-state index is -1.19. The van der Waals surface area contributed by atoms with Crippen LogP contribution in [0.15, 0.2) is 24.3 Å². The minimum absolute atomic E-state index is 0.279. The van der Waals surface area contributed by atoms with Crippen LogP contribution in [-0.4, -0.2) is 17.9 Å². The molecule has 15 heavy (non-hydrogen) atoms. The number of hydrogen-bond donors (Lipinski definition) is 2. The molecule has 0 bridgehead atoms. The Kier molecular flexibility index (Phi) is 3.41. The van der Waals surface area contributed by atoms with E-state index >= 15 is 0 Å². The maximum atomic E-state index is 10.7. The predicted octanol–water partition coefficient (Wildman–Crippen LogP) is -2.31. The van der Waals surface area contributed by atoms with Crippen LogP contribution < -0.4 is 16.6 Å². The van der Waals surface area contributed by atoms with Crippen LogP contribution in [0.3, 0.4) is 0 Å². The number of primary amides is 1. The Hall–Kier alpha value is -1.88. The largest absolute Gasteiger partial charge is 0.544 e. The van der Waals surface area contributed by atoms with Crippen molar-refractivity contribution in [3.8, 4) is 0 Å². The van der Waals surface area contributed by atoms with Gasteiger partial charge in [0.25, 0.3) is 0 Å². The van der Waals surface area contributed by atoms with Crippen LogP contribution >= 0.6 is 0 Å². The number of aliphatic carboxylic acids is 1. The van der Waals surface area contributed by atoms with Gasteiger partial charge in [0.2, 0.25) is 5.91 Å². The average molecular weight is 208 g/mol. The molecule has 1 rings (SSSR count). The Morgan fingerprint density at radius 1 is 1.33 bits per heavy atom. The molecule has 1 aromatic rings. The third-order valence-corrected chi connectivity index (χ3v) is 2.05. The third kappa shape index (κ3) is 3.07. The Labute approximate surface area is 86.7 Å². The van der Waals surface area contributed by atoms with E-state index in [0.29, 0.717) is 5.56 Å². The highest BCUT2D eigenvalue weighted by atomic mass is 16.4. The van der Waals surface area contributed by atoms with Crippen molar-refractivity contribution in [3.63, 3.8) is 0 Å². The molecule has 0 fully saturated rings. The standard InChI is InChI=1S/C10H12N2O3/c11-8(10(14)15)5-6-1-3-7(4-2-6)9(12)13/h1-4,8H,5,11H2,(H2,12,13)(H,14,15)/t8-/m0/s1. The number of carboxylic acid groups (broad SMARTS) is 1. The van der Waals surface area contributed by atoms with E-state index in [9.17, 15) is 14.7 Å². The highest BCUT2D eigenvalue weighted by Gasteiger charge is 2.08. The topological polar surface area (TPSA) is 111 Å². The predicted molar refractivity (Wildman–Crippen MR) is 50.3 cm³/mol. The van der Waals surface area contributed by atoms with Gasteiger partial charge in [0.15, 0.2) is 0 Å². The fourth-order valence-corrected chi connectivity index (χ4v) is 1.17. The third-order valence-electron chi connectivity index (χ3n) is 2.05.